The van der Waals surface area contributed by atoms with E-state index in [4.69, 9.17) is 17.3 Å². The molecule has 1 saturated carbocycles. The molecule has 1 amide bonds. The number of phenolic OH excluding ortho intramolecular Hbond substituents is 1. The number of aliphatic hydroxyl groups excluding tert-OH is 2. The molecule has 0 heterocycles. The Labute approximate surface area is 210 Å². The minimum Gasteiger partial charge on any atom is -0.508 e. The smallest absolute Gasteiger partial charge is 0.255 e. The van der Waals surface area contributed by atoms with Crippen molar-refractivity contribution in [2.75, 3.05) is 0 Å². The van der Waals surface area contributed by atoms with Crippen LogP contribution in [0.2, 0.25) is 0 Å². The normalized spacial score (nSPS) is 25.9. The first-order chi connectivity index (χ1) is 17.1. The average molecular weight is 508 g/mol. The average Bonchev–Trinajstić information content (AvgIpc) is 2.83. The Morgan fingerprint density at radius 3 is 2.42 bits per heavy atom. The molecule has 3 atom stereocenters. The molecule has 3 aliphatic carbocycles. The predicted molar refractivity (Wildman–Crippen MR) is 132 cm³/mol. The maximum atomic E-state index is 13.5. The summed E-state index contributed by atoms with van der Waals surface area (Å²) in [6, 6.07) is 12.2. The standard InChI is InChI=1S/C27H22ClNO7/c28-17(12-4-2-1-3-5-12)10-13-6-7-18(30)21-16(13)9-14-8-15-11-19(31)22(26(29)35)25(34)27(15,36)24(33)20(14)23(21)32/h1-7,10,14-15,30,32,34,36H,8-9,11H2,(H2,29,35)/b17-10-/t14-,15+,27+/m1/s1. The van der Waals surface area contributed by atoms with Gasteiger partial charge in [-0.2, -0.15) is 0 Å². The number of aliphatic hydroxyl groups is 3. The van der Waals surface area contributed by atoms with E-state index in [9.17, 15) is 34.8 Å². The molecule has 184 valence electrons. The van der Waals surface area contributed by atoms with Crippen molar-refractivity contribution in [3.05, 3.63) is 81.6 Å². The fourth-order valence-electron chi connectivity index (χ4n) is 5.60. The van der Waals surface area contributed by atoms with Crippen LogP contribution in [0.3, 0.4) is 0 Å². The molecule has 8 nitrogen and oxygen atoms in total. The van der Waals surface area contributed by atoms with Crippen LogP contribution in [0.25, 0.3) is 16.9 Å². The molecule has 2 aromatic carbocycles. The Bertz CT molecular complexity index is 1440. The minimum absolute atomic E-state index is 0.0217. The number of benzene rings is 2. The van der Waals surface area contributed by atoms with Crippen LogP contribution in [0.1, 0.15) is 35.1 Å². The molecule has 0 unspecified atom stereocenters. The zero-order chi connectivity index (χ0) is 25.9. The third-order valence-corrected chi connectivity index (χ3v) is 7.64. The molecular formula is C27H22ClNO7. The van der Waals surface area contributed by atoms with Crippen LogP contribution in [-0.4, -0.2) is 43.5 Å². The number of ketones is 2. The van der Waals surface area contributed by atoms with Crippen LogP contribution in [0.5, 0.6) is 5.75 Å². The topological polar surface area (TPSA) is 158 Å². The lowest BCUT2D eigenvalue weighted by molar-refractivity contribution is -0.147. The van der Waals surface area contributed by atoms with Crippen molar-refractivity contribution < 1.29 is 34.8 Å². The zero-order valence-electron chi connectivity index (χ0n) is 18.9. The van der Waals surface area contributed by atoms with Gasteiger partial charge in [-0.3, -0.25) is 14.4 Å². The van der Waals surface area contributed by atoms with E-state index < -0.39 is 52.0 Å². The lowest BCUT2D eigenvalue weighted by atomic mass is 9.59. The van der Waals surface area contributed by atoms with E-state index in [1.54, 1.807) is 12.1 Å². The van der Waals surface area contributed by atoms with Gasteiger partial charge >= 0.3 is 0 Å². The predicted octanol–water partition coefficient (Wildman–Crippen LogP) is 3.16. The summed E-state index contributed by atoms with van der Waals surface area (Å²) in [5, 5.41) is 44.1. The Morgan fingerprint density at radius 2 is 1.75 bits per heavy atom. The number of halogens is 1. The first-order valence-electron chi connectivity index (χ1n) is 11.3. The van der Waals surface area contributed by atoms with Gasteiger partial charge in [-0.15, -0.1) is 0 Å². The molecule has 9 heteroatoms. The van der Waals surface area contributed by atoms with E-state index in [1.807, 2.05) is 30.3 Å². The van der Waals surface area contributed by atoms with Gasteiger partial charge < -0.3 is 26.2 Å². The Morgan fingerprint density at radius 1 is 1.06 bits per heavy atom. The van der Waals surface area contributed by atoms with Crippen LogP contribution >= 0.6 is 11.6 Å². The third kappa shape index (κ3) is 3.37. The van der Waals surface area contributed by atoms with E-state index in [0.29, 0.717) is 16.2 Å². The van der Waals surface area contributed by atoms with Crippen molar-refractivity contribution in [2.45, 2.75) is 24.9 Å². The summed E-state index contributed by atoms with van der Waals surface area (Å²) in [6.07, 6.45) is 1.60. The van der Waals surface area contributed by atoms with Gasteiger partial charge in [-0.05, 0) is 47.6 Å². The highest BCUT2D eigenvalue weighted by molar-refractivity contribution is 6.51. The molecule has 6 N–H and O–H groups in total. The molecule has 0 spiro atoms. The highest BCUT2D eigenvalue weighted by atomic mass is 35.5. The largest absolute Gasteiger partial charge is 0.508 e. The van der Waals surface area contributed by atoms with E-state index in [-0.39, 0.29) is 36.1 Å². The second-order valence-electron chi connectivity index (χ2n) is 9.29. The van der Waals surface area contributed by atoms with Crippen LogP contribution in [0, 0.1) is 11.8 Å². The van der Waals surface area contributed by atoms with Gasteiger partial charge in [0.05, 0.1) is 5.56 Å². The van der Waals surface area contributed by atoms with Crippen molar-refractivity contribution in [3.8, 4) is 5.75 Å². The highest BCUT2D eigenvalue weighted by Crippen LogP contribution is 2.52. The molecule has 1 fully saturated rings. The number of rotatable bonds is 3. The number of nitrogens with two attached hydrogens (primary N) is 1. The molecule has 0 radical (unpaired) electrons. The number of phenols is 1. The maximum absolute atomic E-state index is 13.5. The van der Waals surface area contributed by atoms with Crippen molar-refractivity contribution >= 4 is 45.9 Å². The lowest BCUT2D eigenvalue weighted by Gasteiger charge is -2.46. The summed E-state index contributed by atoms with van der Waals surface area (Å²) in [4.78, 5) is 37.7. The number of amides is 1. The highest BCUT2D eigenvalue weighted by Gasteiger charge is 2.60. The molecular weight excluding hydrogens is 486 g/mol. The quantitative estimate of drug-likeness (QED) is 0.315. The molecule has 0 bridgehead atoms. The zero-order valence-corrected chi connectivity index (χ0v) is 19.6. The van der Waals surface area contributed by atoms with E-state index in [0.717, 1.165) is 5.56 Å². The molecule has 0 aliphatic heterocycles. The molecule has 0 saturated heterocycles. The second kappa shape index (κ2) is 8.36. The Balaban J connectivity index is 1.66. The minimum atomic E-state index is -2.58. The number of hydrogen-bond donors (Lipinski definition) is 5. The van der Waals surface area contributed by atoms with Gasteiger partial charge in [0.25, 0.3) is 5.91 Å². The molecule has 0 aromatic heterocycles. The SMILES string of the molecule is NC(=O)C1=C(O)[C@@]2(O)C(=O)C3=C(O)c4c(O)ccc(/C=C(\Cl)c5ccccc5)c4C[C@H]3C[C@H]2CC1=O. The number of carbonyl (C=O) groups excluding carboxylic acids is 3. The van der Waals surface area contributed by atoms with Crippen LogP contribution < -0.4 is 5.73 Å². The number of hydrogen-bond acceptors (Lipinski definition) is 7. The molecule has 2 aromatic rings. The summed E-state index contributed by atoms with van der Waals surface area (Å²) >= 11 is 6.53. The molecule has 3 aliphatic rings. The van der Waals surface area contributed by atoms with Gasteiger partial charge in [0.15, 0.2) is 11.4 Å². The number of carbonyl (C=O) groups is 3. The summed E-state index contributed by atoms with van der Waals surface area (Å²) < 4.78 is 0. The third-order valence-electron chi connectivity index (χ3n) is 7.32. The van der Waals surface area contributed by atoms with Crippen LogP contribution in [0.15, 0.2) is 59.4 Å². The Kier molecular flexibility index (Phi) is 5.54. The first-order valence-corrected chi connectivity index (χ1v) is 11.7. The van der Waals surface area contributed by atoms with E-state index >= 15 is 0 Å². The van der Waals surface area contributed by atoms with Gasteiger partial charge in [0, 0.05) is 22.9 Å². The van der Waals surface area contributed by atoms with Crippen LogP contribution in [0.4, 0.5) is 0 Å². The van der Waals surface area contributed by atoms with Gasteiger partial charge in [0.1, 0.15) is 22.8 Å². The number of Topliss-reactive ketones (excluding diaryl/α,β-unsaturated/α-hetero) is 2. The van der Waals surface area contributed by atoms with E-state index in [2.05, 4.69) is 0 Å². The van der Waals surface area contributed by atoms with Gasteiger partial charge in [-0.25, -0.2) is 0 Å². The molecule has 5 rings (SSSR count). The van der Waals surface area contributed by atoms with Crippen molar-refractivity contribution in [3.63, 3.8) is 0 Å². The number of fused-ring (bicyclic) bond motifs is 3. The fraction of sp³-hybridized carbons (Fsp3) is 0.222. The van der Waals surface area contributed by atoms with Gasteiger partial charge in [0.2, 0.25) is 5.78 Å². The number of primary amides is 1. The summed E-state index contributed by atoms with van der Waals surface area (Å²) in [5.41, 5.74) is 3.58. The van der Waals surface area contributed by atoms with Crippen molar-refractivity contribution in [1.82, 2.24) is 0 Å². The lowest BCUT2D eigenvalue weighted by Crippen LogP contribution is -2.58. The van der Waals surface area contributed by atoms with Crippen LogP contribution in [-0.2, 0) is 20.8 Å². The maximum Gasteiger partial charge on any atom is 0.255 e. The fourth-order valence-corrected chi connectivity index (χ4v) is 5.84. The van der Waals surface area contributed by atoms with Gasteiger partial charge in [-0.1, -0.05) is 48.0 Å². The Hall–Kier alpha value is -3.88. The summed E-state index contributed by atoms with van der Waals surface area (Å²) in [5.74, 6) is -6.59. The summed E-state index contributed by atoms with van der Waals surface area (Å²) in [7, 11) is 0. The summed E-state index contributed by atoms with van der Waals surface area (Å²) in [6.45, 7) is 0. The molecule has 36 heavy (non-hydrogen) atoms. The number of aromatic hydroxyl groups is 1. The van der Waals surface area contributed by atoms with Crippen molar-refractivity contribution in [2.24, 2.45) is 17.6 Å². The van der Waals surface area contributed by atoms with E-state index in [1.165, 1.54) is 6.07 Å². The second-order valence-corrected chi connectivity index (χ2v) is 9.70. The monoisotopic (exact) mass is 507 g/mol. The van der Waals surface area contributed by atoms with Crippen molar-refractivity contribution in [1.29, 1.82) is 0 Å². The first kappa shape index (κ1) is 23.8.